The number of aliphatic hydroxyl groups excluding tert-OH is 1. The molecule has 0 fully saturated rings. The molecule has 0 aliphatic heterocycles. The molecule has 1 N–H and O–H groups in total. The van der Waals surface area contributed by atoms with Crippen LogP contribution >= 0.6 is 0 Å². The van der Waals surface area contributed by atoms with Gasteiger partial charge < -0.3 is 14.4 Å². The van der Waals surface area contributed by atoms with Gasteiger partial charge in [-0.05, 0) is 13.8 Å². The summed E-state index contributed by atoms with van der Waals surface area (Å²) in [5.74, 6) is 0. The fraction of sp³-hybridized carbons (Fsp3) is 0.500. The first kappa shape index (κ1) is 10.8. The number of oxazole rings is 1. The van der Waals surface area contributed by atoms with Crippen molar-refractivity contribution < 1.29 is 9.52 Å². The van der Waals surface area contributed by atoms with Crippen LogP contribution in [-0.2, 0) is 6.61 Å². The van der Waals surface area contributed by atoms with Gasteiger partial charge in [0.2, 0.25) is 0 Å². The third-order valence-corrected chi connectivity index (χ3v) is 1.90. The van der Waals surface area contributed by atoms with Crippen LogP contribution in [0.2, 0.25) is 0 Å². The van der Waals surface area contributed by atoms with Gasteiger partial charge in [0, 0.05) is 12.6 Å². The molecule has 0 aliphatic rings. The highest BCUT2D eigenvalue weighted by Gasteiger charge is 2.14. The average Bonchev–Trinajstić information content (AvgIpc) is 2.61. The third-order valence-electron chi connectivity index (χ3n) is 1.90. The van der Waals surface area contributed by atoms with Crippen LogP contribution in [0.3, 0.4) is 0 Å². The summed E-state index contributed by atoms with van der Waals surface area (Å²) in [7, 11) is 0. The van der Waals surface area contributed by atoms with Gasteiger partial charge in [-0.15, -0.1) is 6.58 Å². The summed E-state index contributed by atoms with van der Waals surface area (Å²) in [4.78, 5) is 6.09. The molecule has 1 rings (SSSR count). The number of hydrogen-bond acceptors (Lipinski definition) is 4. The van der Waals surface area contributed by atoms with E-state index in [2.05, 4.69) is 11.6 Å². The van der Waals surface area contributed by atoms with Gasteiger partial charge in [0.15, 0.2) is 0 Å². The van der Waals surface area contributed by atoms with Crippen molar-refractivity contribution in [2.24, 2.45) is 0 Å². The molecule has 1 aromatic rings. The molecule has 0 saturated heterocycles. The molecule has 0 unspecified atom stereocenters. The van der Waals surface area contributed by atoms with Gasteiger partial charge in [-0.3, -0.25) is 0 Å². The first-order valence-corrected chi connectivity index (χ1v) is 4.61. The molecule has 1 aromatic heterocycles. The second kappa shape index (κ2) is 4.81. The Balaban J connectivity index is 2.81. The van der Waals surface area contributed by atoms with Gasteiger partial charge in [-0.2, -0.15) is 4.98 Å². The molecular formula is C10H16N2O2. The summed E-state index contributed by atoms with van der Waals surface area (Å²) >= 11 is 0. The number of aromatic nitrogens is 1. The third kappa shape index (κ3) is 2.35. The van der Waals surface area contributed by atoms with E-state index in [0.717, 1.165) is 0 Å². The lowest BCUT2D eigenvalue weighted by molar-refractivity contribution is 0.276. The minimum absolute atomic E-state index is 0.0937. The molecule has 0 radical (unpaired) electrons. The Labute approximate surface area is 83.9 Å². The van der Waals surface area contributed by atoms with Crippen molar-refractivity contribution in [1.82, 2.24) is 4.98 Å². The second-order valence-electron chi connectivity index (χ2n) is 3.31. The Hall–Kier alpha value is -1.29. The second-order valence-corrected chi connectivity index (χ2v) is 3.31. The summed E-state index contributed by atoms with van der Waals surface area (Å²) in [5, 5.41) is 8.84. The Morgan fingerprint density at radius 1 is 1.71 bits per heavy atom. The highest BCUT2D eigenvalue weighted by Crippen LogP contribution is 2.16. The quantitative estimate of drug-likeness (QED) is 0.726. The van der Waals surface area contributed by atoms with Crippen molar-refractivity contribution in [3.63, 3.8) is 0 Å². The molecule has 0 spiro atoms. The van der Waals surface area contributed by atoms with Crippen LogP contribution in [0.25, 0.3) is 0 Å². The summed E-state index contributed by atoms with van der Waals surface area (Å²) in [6.07, 6.45) is 3.26. The average molecular weight is 196 g/mol. The predicted molar refractivity (Wildman–Crippen MR) is 55.1 cm³/mol. The molecule has 0 atom stereocenters. The summed E-state index contributed by atoms with van der Waals surface area (Å²) in [6, 6.07) is 0.821. The lowest BCUT2D eigenvalue weighted by Crippen LogP contribution is -2.31. The van der Waals surface area contributed by atoms with Crippen LogP contribution < -0.4 is 4.90 Å². The molecular weight excluding hydrogens is 180 g/mol. The van der Waals surface area contributed by atoms with E-state index >= 15 is 0 Å². The molecule has 0 amide bonds. The van der Waals surface area contributed by atoms with Crippen molar-refractivity contribution in [3.05, 3.63) is 24.6 Å². The van der Waals surface area contributed by atoms with E-state index in [4.69, 9.17) is 9.52 Å². The summed E-state index contributed by atoms with van der Waals surface area (Å²) in [6.45, 7) is 8.36. The van der Waals surface area contributed by atoms with Crippen LogP contribution in [0.5, 0.6) is 0 Å². The zero-order valence-corrected chi connectivity index (χ0v) is 8.60. The van der Waals surface area contributed by atoms with Gasteiger partial charge in [0.05, 0.1) is 6.61 Å². The van der Waals surface area contributed by atoms with Crippen molar-refractivity contribution in [3.8, 4) is 0 Å². The van der Waals surface area contributed by atoms with Crippen LogP contribution in [0.15, 0.2) is 23.3 Å². The maximum absolute atomic E-state index is 8.84. The smallest absolute Gasteiger partial charge is 0.298 e. The van der Waals surface area contributed by atoms with Crippen molar-refractivity contribution in [2.75, 3.05) is 11.4 Å². The van der Waals surface area contributed by atoms with Crippen LogP contribution in [-0.4, -0.2) is 22.7 Å². The van der Waals surface area contributed by atoms with Crippen LogP contribution in [0.1, 0.15) is 19.5 Å². The minimum atomic E-state index is -0.0937. The fourth-order valence-electron chi connectivity index (χ4n) is 1.15. The SMILES string of the molecule is C=CCN(c1nc(CO)co1)C(C)C. The lowest BCUT2D eigenvalue weighted by Gasteiger charge is -2.22. The Morgan fingerprint density at radius 3 is 2.86 bits per heavy atom. The standard InChI is InChI=1S/C10H16N2O2/c1-4-5-12(8(2)3)10-11-9(6-13)7-14-10/h4,7-8,13H,1,5-6H2,2-3H3. The largest absolute Gasteiger partial charge is 0.432 e. The predicted octanol–water partition coefficient (Wildman–Crippen LogP) is 1.57. The molecule has 78 valence electrons. The van der Waals surface area contributed by atoms with E-state index in [0.29, 0.717) is 18.3 Å². The molecule has 0 bridgehead atoms. The molecule has 14 heavy (non-hydrogen) atoms. The zero-order chi connectivity index (χ0) is 10.6. The Bertz CT molecular complexity index is 294. The molecule has 4 heteroatoms. The Kier molecular flexibility index (Phi) is 3.71. The van der Waals surface area contributed by atoms with Crippen molar-refractivity contribution >= 4 is 6.01 Å². The Morgan fingerprint density at radius 2 is 2.43 bits per heavy atom. The maximum atomic E-state index is 8.84. The monoisotopic (exact) mass is 196 g/mol. The van der Waals surface area contributed by atoms with Crippen molar-refractivity contribution in [2.45, 2.75) is 26.5 Å². The highest BCUT2D eigenvalue weighted by atomic mass is 16.4. The molecule has 4 nitrogen and oxygen atoms in total. The van der Waals surface area contributed by atoms with Crippen LogP contribution in [0.4, 0.5) is 6.01 Å². The molecule has 1 heterocycles. The first-order valence-electron chi connectivity index (χ1n) is 4.61. The van der Waals surface area contributed by atoms with Crippen LogP contribution in [0, 0.1) is 0 Å². The van der Waals surface area contributed by atoms with E-state index in [9.17, 15) is 0 Å². The normalized spacial score (nSPS) is 10.6. The number of rotatable bonds is 5. The number of hydrogen-bond donors (Lipinski definition) is 1. The van der Waals surface area contributed by atoms with E-state index in [1.54, 1.807) is 6.08 Å². The number of aliphatic hydroxyl groups is 1. The zero-order valence-electron chi connectivity index (χ0n) is 8.60. The van der Waals surface area contributed by atoms with E-state index in [1.165, 1.54) is 6.26 Å². The first-order chi connectivity index (χ1) is 6.69. The topological polar surface area (TPSA) is 49.5 Å². The molecule has 0 saturated carbocycles. The number of anilines is 1. The highest BCUT2D eigenvalue weighted by molar-refractivity contribution is 5.29. The summed E-state index contributed by atoms with van der Waals surface area (Å²) in [5.41, 5.74) is 0.551. The van der Waals surface area contributed by atoms with Gasteiger partial charge in [-0.25, -0.2) is 0 Å². The molecule has 0 aliphatic carbocycles. The van der Waals surface area contributed by atoms with E-state index in [1.807, 2.05) is 18.7 Å². The minimum Gasteiger partial charge on any atom is -0.432 e. The van der Waals surface area contributed by atoms with Crippen molar-refractivity contribution in [1.29, 1.82) is 0 Å². The van der Waals surface area contributed by atoms with E-state index in [-0.39, 0.29) is 12.6 Å². The van der Waals surface area contributed by atoms with Gasteiger partial charge in [0.25, 0.3) is 6.01 Å². The number of nitrogens with zero attached hydrogens (tertiary/aromatic N) is 2. The lowest BCUT2D eigenvalue weighted by atomic mass is 10.3. The van der Waals surface area contributed by atoms with Gasteiger partial charge in [0.1, 0.15) is 12.0 Å². The van der Waals surface area contributed by atoms with E-state index < -0.39 is 0 Å². The maximum Gasteiger partial charge on any atom is 0.298 e. The van der Waals surface area contributed by atoms with Gasteiger partial charge >= 0.3 is 0 Å². The van der Waals surface area contributed by atoms with Gasteiger partial charge in [-0.1, -0.05) is 6.08 Å². The summed E-state index contributed by atoms with van der Waals surface area (Å²) < 4.78 is 5.24. The molecule has 0 aromatic carbocycles. The fourth-order valence-corrected chi connectivity index (χ4v) is 1.15.